The zero-order chi connectivity index (χ0) is 23.6. The average molecular weight is 464 g/mol. The van der Waals surface area contributed by atoms with Crippen molar-refractivity contribution < 1.29 is 27.5 Å². The number of fused-ring (bicyclic) bond motifs is 1. The van der Waals surface area contributed by atoms with Gasteiger partial charge in [0.05, 0.1) is 28.4 Å². The van der Waals surface area contributed by atoms with Crippen LogP contribution in [0.1, 0.15) is 26.3 Å². The SMILES string of the molecule is Cc1ccccc1C(=O)N(C=O)c1cccc(S(=O)(=O)N2CCOC(=O)c3ccccc32)c1. The van der Waals surface area contributed by atoms with E-state index >= 15 is 0 Å². The number of sulfonamides is 1. The van der Waals surface area contributed by atoms with E-state index in [2.05, 4.69) is 0 Å². The quantitative estimate of drug-likeness (QED) is 0.425. The normalized spacial score (nSPS) is 13.5. The van der Waals surface area contributed by atoms with Crippen molar-refractivity contribution in [3.63, 3.8) is 0 Å². The number of amides is 2. The van der Waals surface area contributed by atoms with Crippen LogP contribution < -0.4 is 9.21 Å². The Morgan fingerprint density at radius 1 is 1.03 bits per heavy atom. The number of rotatable bonds is 5. The summed E-state index contributed by atoms with van der Waals surface area (Å²) in [4.78, 5) is 37.8. The predicted molar refractivity (Wildman–Crippen MR) is 122 cm³/mol. The number of hydrogen-bond donors (Lipinski definition) is 0. The van der Waals surface area contributed by atoms with E-state index in [1.165, 1.54) is 36.4 Å². The number of hydrogen-bond acceptors (Lipinski definition) is 6. The highest BCUT2D eigenvalue weighted by Crippen LogP contribution is 2.31. The zero-order valence-corrected chi connectivity index (χ0v) is 18.5. The molecule has 0 atom stereocenters. The van der Waals surface area contributed by atoms with Crippen LogP contribution in [-0.4, -0.2) is 39.9 Å². The molecule has 168 valence electrons. The molecule has 0 bridgehead atoms. The maximum Gasteiger partial charge on any atom is 0.340 e. The fourth-order valence-corrected chi connectivity index (χ4v) is 5.13. The highest BCUT2D eigenvalue weighted by Gasteiger charge is 2.32. The Bertz CT molecular complexity index is 1350. The lowest BCUT2D eigenvalue weighted by Crippen LogP contribution is -2.34. The summed E-state index contributed by atoms with van der Waals surface area (Å²) in [6, 6.07) is 18.6. The van der Waals surface area contributed by atoms with Crippen molar-refractivity contribution in [2.75, 3.05) is 22.4 Å². The molecule has 0 spiro atoms. The third-order valence-electron chi connectivity index (χ3n) is 5.30. The Labute approximate surface area is 191 Å². The molecule has 0 fully saturated rings. The van der Waals surface area contributed by atoms with E-state index in [9.17, 15) is 22.8 Å². The second-order valence-corrected chi connectivity index (χ2v) is 9.19. The molecule has 0 N–H and O–H groups in total. The molecule has 33 heavy (non-hydrogen) atoms. The lowest BCUT2D eigenvalue weighted by Gasteiger charge is -2.24. The van der Waals surface area contributed by atoms with Gasteiger partial charge >= 0.3 is 5.97 Å². The van der Waals surface area contributed by atoms with Crippen LogP contribution in [0.2, 0.25) is 0 Å². The van der Waals surface area contributed by atoms with Crippen LogP contribution in [-0.2, 0) is 19.6 Å². The topological polar surface area (TPSA) is 101 Å². The monoisotopic (exact) mass is 464 g/mol. The van der Waals surface area contributed by atoms with Crippen LogP contribution in [0, 0.1) is 6.92 Å². The molecule has 0 saturated carbocycles. The van der Waals surface area contributed by atoms with E-state index in [1.807, 2.05) is 0 Å². The summed E-state index contributed by atoms with van der Waals surface area (Å²) < 4.78 is 33.3. The largest absolute Gasteiger partial charge is 0.460 e. The predicted octanol–water partition coefficient (Wildman–Crippen LogP) is 3.16. The first-order valence-electron chi connectivity index (χ1n) is 10.1. The van der Waals surface area contributed by atoms with Gasteiger partial charge in [0.1, 0.15) is 6.61 Å². The van der Waals surface area contributed by atoms with Gasteiger partial charge in [-0.3, -0.25) is 13.9 Å². The smallest absolute Gasteiger partial charge is 0.340 e. The third kappa shape index (κ3) is 4.10. The van der Waals surface area contributed by atoms with Gasteiger partial charge in [-0.15, -0.1) is 0 Å². The number of nitrogens with zero attached hydrogens (tertiary/aromatic N) is 2. The van der Waals surface area contributed by atoms with Crippen LogP contribution in [0.4, 0.5) is 11.4 Å². The lowest BCUT2D eigenvalue weighted by atomic mass is 10.1. The summed E-state index contributed by atoms with van der Waals surface area (Å²) in [5, 5.41) is 0. The molecule has 0 aromatic heterocycles. The number of carbonyl (C=O) groups is 3. The number of carbonyl (C=O) groups excluding carboxylic acids is 3. The molecular weight excluding hydrogens is 444 g/mol. The fraction of sp³-hybridized carbons (Fsp3) is 0.125. The van der Waals surface area contributed by atoms with Crippen molar-refractivity contribution in [2.45, 2.75) is 11.8 Å². The van der Waals surface area contributed by atoms with Gasteiger partial charge in [0.2, 0.25) is 6.41 Å². The minimum Gasteiger partial charge on any atom is -0.460 e. The molecule has 8 nitrogen and oxygen atoms in total. The Morgan fingerprint density at radius 2 is 1.76 bits per heavy atom. The molecule has 3 aromatic carbocycles. The van der Waals surface area contributed by atoms with Crippen LogP contribution in [0.25, 0.3) is 0 Å². The molecule has 3 aromatic rings. The Balaban J connectivity index is 1.75. The lowest BCUT2D eigenvalue weighted by molar-refractivity contribution is -0.106. The Morgan fingerprint density at radius 3 is 2.52 bits per heavy atom. The number of esters is 1. The summed E-state index contributed by atoms with van der Waals surface area (Å²) in [6.07, 6.45) is 0.355. The molecule has 0 unspecified atom stereocenters. The molecule has 0 saturated heterocycles. The van der Waals surface area contributed by atoms with Gasteiger partial charge in [0, 0.05) is 5.56 Å². The standard InChI is InChI=1S/C24H20N2O6S/c1-17-7-2-3-10-20(17)23(28)25(16-27)18-8-6-9-19(15-18)33(30,31)26-13-14-32-24(29)21-11-4-5-12-22(21)26/h2-12,15-16H,13-14H2,1H3. The van der Waals surface area contributed by atoms with Gasteiger partial charge in [-0.05, 0) is 48.9 Å². The maximum absolute atomic E-state index is 13.5. The van der Waals surface area contributed by atoms with E-state index in [0.717, 1.165) is 9.21 Å². The molecular formula is C24H20N2O6S. The number of ether oxygens (including phenoxy) is 1. The van der Waals surface area contributed by atoms with Gasteiger partial charge in [-0.25, -0.2) is 18.1 Å². The van der Waals surface area contributed by atoms with Crippen LogP contribution in [0.5, 0.6) is 0 Å². The number of para-hydroxylation sites is 1. The molecule has 4 rings (SSSR count). The minimum atomic E-state index is -4.14. The first-order chi connectivity index (χ1) is 15.8. The number of imide groups is 1. The zero-order valence-electron chi connectivity index (χ0n) is 17.7. The Kier molecular flexibility index (Phi) is 5.97. The van der Waals surface area contributed by atoms with Gasteiger partial charge in [0.25, 0.3) is 15.9 Å². The van der Waals surface area contributed by atoms with Crippen LogP contribution in [0.15, 0.2) is 77.7 Å². The van der Waals surface area contributed by atoms with Crippen molar-refractivity contribution in [1.29, 1.82) is 0 Å². The number of anilines is 2. The van der Waals surface area contributed by atoms with E-state index in [4.69, 9.17) is 4.74 Å². The van der Waals surface area contributed by atoms with Gasteiger partial charge in [0.15, 0.2) is 0 Å². The van der Waals surface area contributed by atoms with Gasteiger partial charge < -0.3 is 4.74 Å². The van der Waals surface area contributed by atoms with E-state index < -0.39 is 21.9 Å². The Hall–Kier alpha value is -3.98. The number of aryl methyl sites for hydroxylation is 1. The van der Waals surface area contributed by atoms with Crippen molar-refractivity contribution in [3.05, 3.63) is 89.5 Å². The maximum atomic E-state index is 13.5. The highest BCUT2D eigenvalue weighted by atomic mass is 32.2. The fourth-order valence-electron chi connectivity index (χ4n) is 3.62. The highest BCUT2D eigenvalue weighted by molar-refractivity contribution is 7.92. The second-order valence-electron chi connectivity index (χ2n) is 7.32. The number of benzene rings is 3. The molecule has 2 amide bonds. The van der Waals surface area contributed by atoms with Crippen LogP contribution in [0.3, 0.4) is 0 Å². The number of cyclic esters (lactones) is 1. The first-order valence-corrected chi connectivity index (χ1v) is 11.5. The van der Waals surface area contributed by atoms with Crippen molar-refractivity contribution >= 4 is 39.7 Å². The summed E-state index contributed by atoms with van der Waals surface area (Å²) in [7, 11) is -4.14. The van der Waals surface area contributed by atoms with E-state index in [-0.39, 0.29) is 35.0 Å². The molecule has 1 heterocycles. The summed E-state index contributed by atoms with van der Waals surface area (Å²) in [5.74, 6) is -1.18. The molecule has 1 aliphatic heterocycles. The van der Waals surface area contributed by atoms with E-state index in [0.29, 0.717) is 17.5 Å². The van der Waals surface area contributed by atoms with Crippen LogP contribution >= 0.6 is 0 Å². The van der Waals surface area contributed by atoms with Crippen molar-refractivity contribution in [1.82, 2.24) is 0 Å². The van der Waals surface area contributed by atoms with Crippen molar-refractivity contribution in [2.24, 2.45) is 0 Å². The van der Waals surface area contributed by atoms with Gasteiger partial charge in [-0.1, -0.05) is 36.4 Å². The first kappa shape index (κ1) is 22.2. The van der Waals surface area contributed by atoms with E-state index in [1.54, 1.807) is 43.3 Å². The molecule has 1 aliphatic rings. The summed E-state index contributed by atoms with van der Waals surface area (Å²) in [5.41, 5.74) is 1.46. The molecule has 0 radical (unpaired) electrons. The second kappa shape index (κ2) is 8.87. The van der Waals surface area contributed by atoms with Gasteiger partial charge in [-0.2, -0.15) is 0 Å². The minimum absolute atomic E-state index is 0.0746. The average Bonchev–Trinajstić information content (AvgIpc) is 2.99. The third-order valence-corrected chi connectivity index (χ3v) is 7.11. The summed E-state index contributed by atoms with van der Waals surface area (Å²) in [6.45, 7) is 1.56. The summed E-state index contributed by atoms with van der Waals surface area (Å²) >= 11 is 0. The van der Waals surface area contributed by atoms with Crippen molar-refractivity contribution in [3.8, 4) is 0 Å². The molecule has 9 heteroatoms. The molecule has 0 aliphatic carbocycles.